The quantitative estimate of drug-likeness (QED) is 0.549. The molecule has 0 aliphatic rings. The number of thiazole rings is 1. The van der Waals surface area contributed by atoms with Crippen LogP contribution in [0.4, 0.5) is 5.13 Å². The van der Waals surface area contributed by atoms with E-state index in [1.165, 1.54) is 11.3 Å². The molecule has 0 atom stereocenters. The van der Waals surface area contributed by atoms with Crippen molar-refractivity contribution in [2.75, 3.05) is 5.32 Å². The summed E-state index contributed by atoms with van der Waals surface area (Å²) in [7, 11) is 0. The third-order valence-corrected chi connectivity index (χ3v) is 4.39. The second-order valence-electron chi connectivity index (χ2n) is 5.19. The number of rotatable bonds is 4. The highest BCUT2D eigenvalue weighted by atomic mass is 35.5. The number of aromatic nitrogens is 1. The normalized spacial score (nSPS) is 10.4. The molecule has 0 spiro atoms. The lowest BCUT2D eigenvalue weighted by Crippen LogP contribution is -2.22. The highest BCUT2D eigenvalue weighted by Crippen LogP contribution is 2.26. The molecule has 0 bridgehead atoms. The molecule has 0 unspecified atom stereocenters. The summed E-state index contributed by atoms with van der Waals surface area (Å²) in [5, 5.41) is 5.39. The Morgan fingerprint density at radius 2 is 1.71 bits per heavy atom. The first kappa shape index (κ1) is 16.4. The van der Waals surface area contributed by atoms with Crippen LogP contribution < -0.4 is 5.32 Å². The van der Waals surface area contributed by atoms with E-state index in [0.717, 1.165) is 16.8 Å². The topological polar surface area (TPSA) is 59.1 Å². The van der Waals surface area contributed by atoms with Gasteiger partial charge in [0.25, 0.3) is 11.7 Å². The van der Waals surface area contributed by atoms with E-state index in [1.807, 2.05) is 24.4 Å². The average molecular weight is 357 g/mol. The Kier molecular flexibility index (Phi) is 4.74. The highest BCUT2D eigenvalue weighted by molar-refractivity contribution is 7.14. The molecule has 0 radical (unpaired) electrons. The first-order valence-corrected chi connectivity index (χ1v) is 8.42. The Labute approximate surface area is 148 Å². The largest absolute Gasteiger partial charge is 0.298 e. The van der Waals surface area contributed by atoms with Gasteiger partial charge in [-0.3, -0.25) is 14.9 Å². The third kappa shape index (κ3) is 3.69. The molecule has 1 heterocycles. The first-order valence-electron chi connectivity index (χ1n) is 7.17. The van der Waals surface area contributed by atoms with E-state index >= 15 is 0 Å². The van der Waals surface area contributed by atoms with Gasteiger partial charge in [-0.25, -0.2) is 4.98 Å². The van der Waals surface area contributed by atoms with Crippen molar-refractivity contribution in [3.05, 3.63) is 70.1 Å². The van der Waals surface area contributed by atoms with Crippen molar-refractivity contribution in [1.29, 1.82) is 0 Å². The Bertz CT molecular complexity index is 886. The Balaban J connectivity index is 1.72. The Morgan fingerprint density at radius 3 is 2.38 bits per heavy atom. The van der Waals surface area contributed by atoms with E-state index in [4.69, 9.17) is 11.6 Å². The fraction of sp³-hybridized carbons (Fsp3) is 0.0556. The van der Waals surface area contributed by atoms with Crippen LogP contribution in [0.2, 0.25) is 5.02 Å². The van der Waals surface area contributed by atoms with E-state index in [-0.39, 0.29) is 0 Å². The van der Waals surface area contributed by atoms with E-state index in [1.54, 1.807) is 36.4 Å². The van der Waals surface area contributed by atoms with Gasteiger partial charge in [-0.05, 0) is 19.1 Å². The van der Waals surface area contributed by atoms with E-state index < -0.39 is 11.7 Å². The van der Waals surface area contributed by atoms with Crippen LogP contribution in [0.1, 0.15) is 15.9 Å². The van der Waals surface area contributed by atoms with Gasteiger partial charge in [0.2, 0.25) is 0 Å². The summed E-state index contributed by atoms with van der Waals surface area (Å²) in [6.07, 6.45) is 0. The Morgan fingerprint density at radius 1 is 1.04 bits per heavy atom. The van der Waals surface area contributed by atoms with Crippen LogP contribution in [0.3, 0.4) is 0 Å². The van der Waals surface area contributed by atoms with Crippen LogP contribution in [-0.4, -0.2) is 16.7 Å². The number of benzene rings is 2. The zero-order chi connectivity index (χ0) is 17.1. The molecule has 0 fully saturated rings. The standard InChI is InChI=1S/C18H13ClN2O2S/c1-11-2-4-13(5-3-11)16(22)17(23)21-18-20-15(10-24-18)12-6-8-14(19)9-7-12/h2-10H,1H3,(H,20,21,23). The molecule has 0 aliphatic carbocycles. The summed E-state index contributed by atoms with van der Waals surface area (Å²) in [4.78, 5) is 28.5. The zero-order valence-electron chi connectivity index (χ0n) is 12.7. The van der Waals surface area contributed by atoms with Gasteiger partial charge in [0.1, 0.15) is 0 Å². The van der Waals surface area contributed by atoms with Crippen LogP contribution >= 0.6 is 22.9 Å². The van der Waals surface area contributed by atoms with Crippen LogP contribution in [-0.2, 0) is 4.79 Å². The lowest BCUT2D eigenvalue weighted by molar-refractivity contribution is -0.112. The van der Waals surface area contributed by atoms with Crippen molar-refractivity contribution in [3.8, 4) is 11.3 Å². The first-order chi connectivity index (χ1) is 11.5. The molecule has 6 heteroatoms. The molecule has 2 aromatic carbocycles. The number of hydrogen-bond acceptors (Lipinski definition) is 4. The molecule has 0 saturated carbocycles. The minimum absolute atomic E-state index is 0.354. The number of amides is 1. The minimum atomic E-state index is -0.698. The molecule has 24 heavy (non-hydrogen) atoms. The van der Waals surface area contributed by atoms with Crippen LogP contribution in [0.25, 0.3) is 11.3 Å². The molecule has 1 N–H and O–H groups in total. The van der Waals surface area contributed by atoms with E-state index in [2.05, 4.69) is 10.3 Å². The number of carbonyl (C=O) groups excluding carboxylic acids is 2. The molecular formula is C18H13ClN2O2S. The number of anilines is 1. The fourth-order valence-electron chi connectivity index (χ4n) is 2.07. The number of carbonyl (C=O) groups is 2. The lowest BCUT2D eigenvalue weighted by atomic mass is 10.1. The lowest BCUT2D eigenvalue weighted by Gasteiger charge is -2.02. The number of nitrogens with one attached hydrogen (secondary N) is 1. The van der Waals surface area contributed by atoms with E-state index in [0.29, 0.717) is 15.7 Å². The van der Waals surface area contributed by atoms with Crippen molar-refractivity contribution in [2.45, 2.75) is 6.92 Å². The third-order valence-electron chi connectivity index (χ3n) is 3.38. The predicted molar refractivity (Wildman–Crippen MR) is 96.7 cm³/mol. The molecule has 1 aromatic heterocycles. The van der Waals surface area contributed by atoms with Crippen LogP contribution in [0.5, 0.6) is 0 Å². The molecule has 0 saturated heterocycles. The van der Waals surface area contributed by atoms with Gasteiger partial charge in [0.05, 0.1) is 5.69 Å². The van der Waals surface area contributed by atoms with Gasteiger partial charge in [-0.15, -0.1) is 11.3 Å². The molecule has 4 nitrogen and oxygen atoms in total. The molecule has 3 aromatic rings. The smallest absolute Gasteiger partial charge is 0.295 e. The molecule has 120 valence electrons. The van der Waals surface area contributed by atoms with Crippen molar-refractivity contribution >= 4 is 39.8 Å². The highest BCUT2D eigenvalue weighted by Gasteiger charge is 2.17. The number of hydrogen-bond donors (Lipinski definition) is 1. The summed E-state index contributed by atoms with van der Waals surface area (Å²) < 4.78 is 0. The maximum atomic E-state index is 12.1. The monoisotopic (exact) mass is 356 g/mol. The molecule has 3 rings (SSSR count). The number of Topliss-reactive ketones (excluding diaryl/α,β-unsaturated/α-hetero) is 1. The number of nitrogens with zero attached hydrogens (tertiary/aromatic N) is 1. The second kappa shape index (κ2) is 6.95. The minimum Gasteiger partial charge on any atom is -0.295 e. The number of aryl methyl sites for hydroxylation is 1. The summed E-state index contributed by atoms with van der Waals surface area (Å²) in [5.74, 6) is -1.28. The van der Waals surface area contributed by atoms with Gasteiger partial charge in [0.15, 0.2) is 5.13 Å². The average Bonchev–Trinajstić information content (AvgIpc) is 3.04. The number of ketones is 1. The fourth-order valence-corrected chi connectivity index (χ4v) is 2.92. The Hall–Kier alpha value is -2.50. The maximum absolute atomic E-state index is 12.1. The summed E-state index contributed by atoms with van der Waals surface area (Å²) in [6.45, 7) is 1.92. The van der Waals surface area contributed by atoms with Crippen molar-refractivity contribution in [3.63, 3.8) is 0 Å². The van der Waals surface area contributed by atoms with E-state index in [9.17, 15) is 9.59 Å². The molecule has 1 amide bonds. The van der Waals surface area contributed by atoms with Crippen molar-refractivity contribution in [2.24, 2.45) is 0 Å². The maximum Gasteiger partial charge on any atom is 0.298 e. The summed E-state index contributed by atoms with van der Waals surface area (Å²) in [6, 6.07) is 14.1. The molecular weight excluding hydrogens is 344 g/mol. The predicted octanol–water partition coefficient (Wildman–Crippen LogP) is 4.59. The zero-order valence-corrected chi connectivity index (χ0v) is 14.3. The van der Waals surface area contributed by atoms with Crippen molar-refractivity contribution < 1.29 is 9.59 Å². The van der Waals surface area contributed by atoms with Gasteiger partial charge < -0.3 is 0 Å². The van der Waals surface area contributed by atoms with Crippen LogP contribution in [0, 0.1) is 6.92 Å². The summed E-state index contributed by atoms with van der Waals surface area (Å²) in [5.41, 5.74) is 2.99. The van der Waals surface area contributed by atoms with Crippen LogP contribution in [0.15, 0.2) is 53.9 Å². The SMILES string of the molecule is Cc1ccc(C(=O)C(=O)Nc2nc(-c3ccc(Cl)cc3)cs2)cc1. The number of halogens is 1. The van der Waals surface area contributed by atoms with Gasteiger partial charge in [0, 0.05) is 21.5 Å². The molecule has 0 aliphatic heterocycles. The second-order valence-corrected chi connectivity index (χ2v) is 6.49. The summed E-state index contributed by atoms with van der Waals surface area (Å²) >= 11 is 7.13. The van der Waals surface area contributed by atoms with Gasteiger partial charge in [-0.2, -0.15) is 0 Å². The van der Waals surface area contributed by atoms with Crippen molar-refractivity contribution in [1.82, 2.24) is 4.98 Å². The van der Waals surface area contributed by atoms with Gasteiger partial charge >= 0.3 is 0 Å². The van der Waals surface area contributed by atoms with Gasteiger partial charge in [-0.1, -0.05) is 53.6 Å².